The second kappa shape index (κ2) is 16.7. The molecule has 0 aromatic heterocycles. The third-order valence-electron chi connectivity index (χ3n) is 5.12. The van der Waals surface area contributed by atoms with E-state index in [4.69, 9.17) is 29.2 Å². The van der Waals surface area contributed by atoms with E-state index in [0.29, 0.717) is 0 Å². The van der Waals surface area contributed by atoms with E-state index < -0.39 is 66.7 Å². The molecule has 1 unspecified atom stereocenters. The second-order valence-electron chi connectivity index (χ2n) is 7.92. The van der Waals surface area contributed by atoms with Gasteiger partial charge in [0.15, 0.2) is 11.5 Å². The van der Waals surface area contributed by atoms with Crippen LogP contribution in [-0.4, -0.2) is 132 Å². The van der Waals surface area contributed by atoms with Crippen LogP contribution in [-0.2, 0) is 28.7 Å². The van der Waals surface area contributed by atoms with Crippen molar-refractivity contribution in [2.75, 3.05) is 73.4 Å². The molecule has 1 aromatic carbocycles. The summed E-state index contributed by atoms with van der Waals surface area (Å²) < 4.78 is 21.2. The van der Waals surface area contributed by atoms with Gasteiger partial charge in [0.2, 0.25) is 0 Å². The Labute approximate surface area is 222 Å². The van der Waals surface area contributed by atoms with Crippen molar-refractivity contribution in [3.05, 3.63) is 27.8 Å². The van der Waals surface area contributed by atoms with Gasteiger partial charge in [0.1, 0.15) is 0 Å². The van der Waals surface area contributed by atoms with Crippen LogP contribution in [0.5, 0.6) is 11.5 Å². The molecule has 0 aliphatic heterocycles. The number of benzene rings is 1. The Hall–Kier alpha value is -4.06. The number of carboxylic acids is 4. The normalized spacial score (nSPS) is 11.8. The lowest BCUT2D eigenvalue weighted by molar-refractivity contribution is -0.386. The van der Waals surface area contributed by atoms with Crippen molar-refractivity contribution in [1.29, 1.82) is 0 Å². The molecule has 1 atom stereocenters. The summed E-state index contributed by atoms with van der Waals surface area (Å²) in [6, 6.07) is 1.11. The maximum Gasteiger partial charge on any atom is 0.317 e. The largest absolute Gasteiger partial charge is 0.493 e. The predicted molar refractivity (Wildman–Crippen MR) is 129 cm³/mol. The molecule has 4 N–H and O–H groups in total. The SMILES string of the molecule is COc1cc(C(COCCOCCN(CC(=O)O)CC(=O)O)N(CC(=O)O)CC(=O)O)c([N+](=O)[O-])cc1OC. The highest BCUT2D eigenvalue weighted by atomic mass is 16.6. The smallest absolute Gasteiger partial charge is 0.317 e. The Morgan fingerprint density at radius 1 is 0.821 bits per heavy atom. The first-order valence-corrected chi connectivity index (χ1v) is 11.3. The molecule has 0 aliphatic rings. The van der Waals surface area contributed by atoms with Gasteiger partial charge < -0.3 is 39.4 Å². The molecule has 0 spiro atoms. The zero-order valence-electron chi connectivity index (χ0n) is 21.3. The number of aliphatic carboxylic acids is 4. The summed E-state index contributed by atoms with van der Waals surface area (Å²) >= 11 is 0. The molecule has 0 heterocycles. The van der Waals surface area contributed by atoms with Crippen molar-refractivity contribution in [3.8, 4) is 11.5 Å². The Kier molecular flexibility index (Phi) is 14.1. The number of carboxylic acid groups (broad SMARTS) is 4. The van der Waals surface area contributed by atoms with Crippen LogP contribution < -0.4 is 9.47 Å². The van der Waals surface area contributed by atoms with Crippen LogP contribution in [0.1, 0.15) is 11.6 Å². The first kappa shape index (κ1) is 33.0. The van der Waals surface area contributed by atoms with Gasteiger partial charge in [-0.3, -0.25) is 39.1 Å². The summed E-state index contributed by atoms with van der Waals surface area (Å²) in [6.07, 6.45) is 0. The van der Waals surface area contributed by atoms with Crippen LogP contribution in [0.3, 0.4) is 0 Å². The Morgan fingerprint density at radius 2 is 1.31 bits per heavy atom. The fourth-order valence-corrected chi connectivity index (χ4v) is 3.53. The second-order valence-corrected chi connectivity index (χ2v) is 7.92. The van der Waals surface area contributed by atoms with Crippen molar-refractivity contribution in [2.24, 2.45) is 0 Å². The minimum absolute atomic E-state index is 0.00403. The number of rotatable bonds is 21. The van der Waals surface area contributed by atoms with Gasteiger partial charge in [0.25, 0.3) is 5.69 Å². The minimum atomic E-state index is -1.38. The average Bonchev–Trinajstić information content (AvgIpc) is 2.83. The molecule has 218 valence electrons. The van der Waals surface area contributed by atoms with Gasteiger partial charge in [0.05, 0.1) is 89.4 Å². The van der Waals surface area contributed by atoms with Crippen LogP contribution in [0.2, 0.25) is 0 Å². The van der Waals surface area contributed by atoms with Crippen LogP contribution >= 0.6 is 0 Å². The fourth-order valence-electron chi connectivity index (χ4n) is 3.53. The molecular formula is C22H31N3O14. The van der Waals surface area contributed by atoms with Gasteiger partial charge in [-0.2, -0.15) is 0 Å². The number of methoxy groups -OCH3 is 2. The molecule has 0 saturated heterocycles. The maximum absolute atomic E-state index is 11.8. The minimum Gasteiger partial charge on any atom is -0.493 e. The highest BCUT2D eigenvalue weighted by Gasteiger charge is 2.32. The zero-order chi connectivity index (χ0) is 29.5. The fraction of sp³-hybridized carbons (Fsp3) is 0.545. The molecule has 39 heavy (non-hydrogen) atoms. The van der Waals surface area contributed by atoms with Crippen LogP contribution in [0.15, 0.2) is 12.1 Å². The van der Waals surface area contributed by atoms with Crippen molar-refractivity contribution >= 4 is 29.6 Å². The Bertz CT molecular complexity index is 986. The van der Waals surface area contributed by atoms with Crippen molar-refractivity contribution in [3.63, 3.8) is 0 Å². The summed E-state index contributed by atoms with van der Waals surface area (Å²) in [5.41, 5.74) is -0.547. The van der Waals surface area contributed by atoms with Crippen molar-refractivity contribution in [1.82, 2.24) is 9.80 Å². The van der Waals surface area contributed by atoms with Crippen LogP contribution in [0, 0.1) is 10.1 Å². The van der Waals surface area contributed by atoms with E-state index in [1.54, 1.807) is 0 Å². The Balaban J connectivity index is 3.04. The van der Waals surface area contributed by atoms with Gasteiger partial charge in [-0.1, -0.05) is 0 Å². The average molecular weight is 561 g/mol. The number of nitrogens with zero attached hydrogens (tertiary/aromatic N) is 3. The lowest BCUT2D eigenvalue weighted by Gasteiger charge is -2.29. The topological polar surface area (TPSA) is 236 Å². The molecule has 17 heteroatoms. The molecule has 17 nitrogen and oxygen atoms in total. The number of carbonyl (C=O) groups is 4. The van der Waals surface area contributed by atoms with Gasteiger partial charge in [-0.15, -0.1) is 0 Å². The van der Waals surface area contributed by atoms with Crippen molar-refractivity contribution < 1.29 is 63.5 Å². The molecule has 0 aliphatic carbocycles. The summed E-state index contributed by atoms with van der Waals surface area (Å²) in [6.45, 7) is -3.10. The highest BCUT2D eigenvalue weighted by Crippen LogP contribution is 2.39. The lowest BCUT2D eigenvalue weighted by Crippen LogP contribution is -2.40. The molecule has 0 saturated carbocycles. The number of hydrogen-bond acceptors (Lipinski definition) is 12. The summed E-state index contributed by atoms with van der Waals surface area (Å²) in [7, 11) is 2.56. The number of nitro benzene ring substituents is 1. The number of ether oxygens (including phenoxy) is 4. The van der Waals surface area contributed by atoms with E-state index in [9.17, 15) is 39.5 Å². The first-order valence-electron chi connectivity index (χ1n) is 11.3. The standard InChI is InChI=1S/C22H31N3O14/c1-36-17-7-14(15(25(34)35)8-18(17)37-2)16(24(11-21(30)31)12-22(32)33)13-39-6-5-38-4-3-23(9-19(26)27)10-20(28)29/h7-8,16H,3-6,9-13H2,1-2H3,(H,26,27)(H,28,29)(H,30,31)(H,32,33). The molecule has 0 amide bonds. The predicted octanol–water partition coefficient (Wildman–Crippen LogP) is -0.371. The summed E-state index contributed by atoms with van der Waals surface area (Å²) in [5.74, 6) is -5.04. The van der Waals surface area contributed by atoms with E-state index in [1.165, 1.54) is 20.3 Å². The van der Waals surface area contributed by atoms with E-state index >= 15 is 0 Å². The summed E-state index contributed by atoms with van der Waals surface area (Å²) in [5, 5.41) is 48.2. The Morgan fingerprint density at radius 3 is 1.77 bits per heavy atom. The van der Waals surface area contributed by atoms with E-state index in [1.807, 2.05) is 0 Å². The molecule has 1 rings (SSSR count). The molecular weight excluding hydrogens is 530 g/mol. The van der Waals surface area contributed by atoms with E-state index in [-0.39, 0.29) is 50.0 Å². The summed E-state index contributed by atoms with van der Waals surface area (Å²) in [4.78, 5) is 57.8. The lowest BCUT2D eigenvalue weighted by atomic mass is 10.0. The van der Waals surface area contributed by atoms with Crippen LogP contribution in [0.25, 0.3) is 0 Å². The third-order valence-corrected chi connectivity index (χ3v) is 5.12. The molecule has 1 aromatic rings. The first-order chi connectivity index (χ1) is 18.4. The number of nitro groups is 1. The van der Waals surface area contributed by atoms with Gasteiger partial charge in [-0.05, 0) is 6.07 Å². The molecule has 0 radical (unpaired) electrons. The van der Waals surface area contributed by atoms with E-state index in [2.05, 4.69) is 0 Å². The van der Waals surface area contributed by atoms with Gasteiger partial charge in [-0.25, -0.2) is 0 Å². The maximum atomic E-state index is 11.8. The monoisotopic (exact) mass is 561 g/mol. The number of hydrogen-bond donors (Lipinski definition) is 4. The highest BCUT2D eigenvalue weighted by molar-refractivity contribution is 5.73. The van der Waals surface area contributed by atoms with Gasteiger partial charge in [0, 0.05) is 6.54 Å². The molecule has 0 fully saturated rings. The third kappa shape index (κ3) is 11.9. The van der Waals surface area contributed by atoms with Crippen molar-refractivity contribution in [2.45, 2.75) is 6.04 Å². The zero-order valence-corrected chi connectivity index (χ0v) is 21.3. The van der Waals surface area contributed by atoms with E-state index in [0.717, 1.165) is 15.9 Å². The van der Waals surface area contributed by atoms with Gasteiger partial charge >= 0.3 is 23.9 Å². The quantitative estimate of drug-likeness (QED) is 0.0850. The van der Waals surface area contributed by atoms with Crippen LogP contribution in [0.4, 0.5) is 5.69 Å². The molecule has 0 bridgehead atoms.